The van der Waals surface area contributed by atoms with Crippen LogP contribution >= 0.6 is 12.2 Å². The summed E-state index contributed by atoms with van der Waals surface area (Å²) in [6, 6.07) is 13.6. The summed E-state index contributed by atoms with van der Waals surface area (Å²) in [5, 5.41) is 5.48. The highest BCUT2D eigenvalue weighted by molar-refractivity contribution is 7.80. The number of benzene rings is 2. The molecule has 0 unspecified atom stereocenters. The predicted octanol–water partition coefficient (Wildman–Crippen LogP) is 3.09. The molecule has 0 heterocycles. The van der Waals surface area contributed by atoms with Crippen LogP contribution < -0.4 is 21.1 Å². The first-order valence-electron chi connectivity index (χ1n) is 8.26. The number of nitrogens with one attached hydrogen (secondary N) is 2. The first kappa shape index (κ1) is 19.4. The second kappa shape index (κ2) is 9.53. The minimum atomic E-state index is -0.586. The van der Waals surface area contributed by atoms with Crippen LogP contribution in [0, 0.1) is 0 Å². The number of ether oxygens (including phenoxy) is 1. The minimum Gasteiger partial charge on any atom is -0.493 e. The van der Waals surface area contributed by atoms with E-state index in [4.69, 9.17) is 22.7 Å². The van der Waals surface area contributed by atoms with Crippen LogP contribution in [-0.4, -0.2) is 23.5 Å². The summed E-state index contributed by atoms with van der Waals surface area (Å²) in [6.07, 6.45) is 1.90. The third kappa shape index (κ3) is 5.29. The van der Waals surface area contributed by atoms with Crippen molar-refractivity contribution in [3.63, 3.8) is 0 Å². The summed E-state index contributed by atoms with van der Waals surface area (Å²) in [6.45, 7) is 2.60. The van der Waals surface area contributed by atoms with Gasteiger partial charge in [0.2, 0.25) is 0 Å². The average Bonchev–Trinajstić information content (AvgIpc) is 2.62. The van der Waals surface area contributed by atoms with Crippen LogP contribution in [0.5, 0.6) is 5.75 Å². The van der Waals surface area contributed by atoms with Crippen molar-refractivity contribution in [1.29, 1.82) is 0 Å². The smallest absolute Gasteiger partial charge is 0.261 e. The topological polar surface area (TPSA) is 93.4 Å². The standard InChI is InChI=1S/C19H21N3O3S/c1-2-3-12-25-16-11-7-5-9-14(16)18(24)22-19(26)21-15-10-6-4-8-13(15)17(20)23/h4-11H,2-3,12H2,1H3,(H2,20,23)(H2,21,22,24,26). The van der Waals surface area contributed by atoms with Crippen molar-refractivity contribution in [2.24, 2.45) is 5.73 Å². The predicted molar refractivity (Wildman–Crippen MR) is 105 cm³/mol. The van der Waals surface area contributed by atoms with Crippen molar-refractivity contribution in [3.8, 4) is 5.75 Å². The normalized spacial score (nSPS) is 10.0. The van der Waals surface area contributed by atoms with E-state index in [0.717, 1.165) is 12.8 Å². The van der Waals surface area contributed by atoms with Gasteiger partial charge in [0, 0.05) is 0 Å². The lowest BCUT2D eigenvalue weighted by molar-refractivity contribution is 0.0971. The van der Waals surface area contributed by atoms with E-state index in [1.165, 1.54) is 0 Å². The zero-order chi connectivity index (χ0) is 18.9. The Labute approximate surface area is 157 Å². The molecular weight excluding hydrogens is 350 g/mol. The monoisotopic (exact) mass is 371 g/mol. The molecule has 26 heavy (non-hydrogen) atoms. The fourth-order valence-corrected chi connectivity index (χ4v) is 2.44. The number of carbonyl (C=O) groups is 2. The molecule has 4 N–H and O–H groups in total. The van der Waals surface area contributed by atoms with Crippen molar-refractivity contribution in [2.75, 3.05) is 11.9 Å². The van der Waals surface area contributed by atoms with E-state index in [1.54, 1.807) is 48.5 Å². The van der Waals surface area contributed by atoms with Gasteiger partial charge in [-0.2, -0.15) is 0 Å². The molecule has 0 radical (unpaired) electrons. The van der Waals surface area contributed by atoms with Gasteiger partial charge in [-0.3, -0.25) is 14.9 Å². The van der Waals surface area contributed by atoms with Crippen LogP contribution in [0.1, 0.15) is 40.5 Å². The largest absolute Gasteiger partial charge is 0.493 e. The molecule has 7 heteroatoms. The maximum atomic E-state index is 12.5. The Morgan fingerprint density at radius 1 is 1.08 bits per heavy atom. The van der Waals surface area contributed by atoms with Gasteiger partial charge in [-0.15, -0.1) is 0 Å². The van der Waals surface area contributed by atoms with E-state index >= 15 is 0 Å². The molecule has 0 aliphatic heterocycles. The van der Waals surface area contributed by atoms with Gasteiger partial charge in [0.15, 0.2) is 5.11 Å². The Morgan fingerprint density at radius 3 is 2.42 bits per heavy atom. The van der Waals surface area contributed by atoms with Gasteiger partial charge in [-0.1, -0.05) is 37.6 Å². The molecule has 0 saturated heterocycles. The minimum absolute atomic E-state index is 0.0621. The molecule has 6 nitrogen and oxygen atoms in total. The van der Waals surface area contributed by atoms with Crippen molar-refractivity contribution < 1.29 is 14.3 Å². The summed E-state index contributed by atoms with van der Waals surface area (Å²) in [4.78, 5) is 24.0. The van der Waals surface area contributed by atoms with Gasteiger partial charge >= 0.3 is 0 Å². The number of para-hydroxylation sites is 2. The summed E-state index contributed by atoms with van der Waals surface area (Å²) >= 11 is 5.17. The van der Waals surface area contributed by atoms with E-state index in [1.807, 2.05) is 0 Å². The van der Waals surface area contributed by atoms with Crippen LogP contribution in [0.3, 0.4) is 0 Å². The fourth-order valence-electron chi connectivity index (χ4n) is 2.24. The lowest BCUT2D eigenvalue weighted by Gasteiger charge is -2.14. The third-order valence-corrected chi connectivity index (χ3v) is 3.76. The highest BCUT2D eigenvalue weighted by Crippen LogP contribution is 2.19. The van der Waals surface area contributed by atoms with Crippen LogP contribution in [0.25, 0.3) is 0 Å². The number of carbonyl (C=O) groups excluding carboxylic acids is 2. The average molecular weight is 371 g/mol. The Hall–Kier alpha value is -2.93. The number of anilines is 1. The van der Waals surface area contributed by atoms with Crippen LogP contribution in [0.2, 0.25) is 0 Å². The molecule has 0 spiro atoms. The summed E-state index contributed by atoms with van der Waals surface area (Å²) in [5.41, 5.74) is 6.43. The lowest BCUT2D eigenvalue weighted by Crippen LogP contribution is -2.35. The highest BCUT2D eigenvalue weighted by Gasteiger charge is 2.15. The van der Waals surface area contributed by atoms with E-state index in [0.29, 0.717) is 23.6 Å². The molecule has 0 atom stereocenters. The summed E-state index contributed by atoms with van der Waals surface area (Å²) < 4.78 is 5.66. The first-order chi connectivity index (χ1) is 12.5. The van der Waals surface area contributed by atoms with Crippen LogP contribution in [0.4, 0.5) is 5.69 Å². The molecule has 2 rings (SSSR count). The van der Waals surface area contributed by atoms with Gasteiger partial charge in [-0.25, -0.2) is 0 Å². The van der Waals surface area contributed by atoms with Crippen LogP contribution in [-0.2, 0) is 0 Å². The number of thiocarbonyl (C=S) groups is 1. The maximum Gasteiger partial charge on any atom is 0.261 e. The van der Waals surface area contributed by atoms with Crippen molar-refractivity contribution in [1.82, 2.24) is 5.32 Å². The van der Waals surface area contributed by atoms with E-state index in [-0.39, 0.29) is 10.7 Å². The van der Waals surface area contributed by atoms with Gasteiger partial charge < -0.3 is 15.8 Å². The second-order valence-corrected chi connectivity index (χ2v) is 5.92. The number of hydrogen-bond donors (Lipinski definition) is 3. The Kier molecular flexibility index (Phi) is 7.11. The van der Waals surface area contributed by atoms with Gasteiger partial charge in [-0.05, 0) is 42.9 Å². The van der Waals surface area contributed by atoms with Gasteiger partial charge in [0.25, 0.3) is 11.8 Å². The maximum absolute atomic E-state index is 12.5. The zero-order valence-electron chi connectivity index (χ0n) is 14.5. The SMILES string of the molecule is CCCCOc1ccccc1C(=O)NC(=S)Nc1ccccc1C(N)=O. The molecule has 0 bridgehead atoms. The molecule has 0 aromatic heterocycles. The molecular formula is C19H21N3O3S. The second-order valence-electron chi connectivity index (χ2n) is 5.52. The molecule has 0 saturated carbocycles. The van der Waals surface area contributed by atoms with E-state index < -0.39 is 11.8 Å². The molecule has 0 aliphatic rings. The van der Waals surface area contributed by atoms with Crippen molar-refractivity contribution in [3.05, 3.63) is 59.7 Å². The molecule has 2 amide bonds. The van der Waals surface area contributed by atoms with Crippen molar-refractivity contribution in [2.45, 2.75) is 19.8 Å². The number of unbranched alkanes of at least 4 members (excludes halogenated alkanes) is 1. The molecule has 136 valence electrons. The Morgan fingerprint density at radius 2 is 1.73 bits per heavy atom. The lowest BCUT2D eigenvalue weighted by atomic mass is 10.1. The number of primary amides is 1. The molecule has 2 aromatic rings. The number of hydrogen-bond acceptors (Lipinski definition) is 4. The molecule has 2 aromatic carbocycles. The highest BCUT2D eigenvalue weighted by atomic mass is 32.1. The summed E-state index contributed by atoms with van der Waals surface area (Å²) in [7, 11) is 0. The number of amides is 2. The number of nitrogens with two attached hydrogens (primary N) is 1. The summed E-state index contributed by atoms with van der Waals surface area (Å²) in [5.74, 6) is -0.484. The van der Waals surface area contributed by atoms with Crippen molar-refractivity contribution >= 4 is 34.8 Å². The van der Waals surface area contributed by atoms with Gasteiger partial charge in [0.05, 0.1) is 23.4 Å². The Bertz CT molecular complexity index is 808. The quantitative estimate of drug-likeness (QED) is 0.514. The van der Waals surface area contributed by atoms with E-state index in [2.05, 4.69) is 17.6 Å². The van der Waals surface area contributed by atoms with Gasteiger partial charge in [0.1, 0.15) is 5.75 Å². The van der Waals surface area contributed by atoms with Crippen LogP contribution in [0.15, 0.2) is 48.5 Å². The molecule has 0 aliphatic carbocycles. The van der Waals surface area contributed by atoms with E-state index in [9.17, 15) is 9.59 Å². The zero-order valence-corrected chi connectivity index (χ0v) is 15.3. The fraction of sp³-hybridized carbons (Fsp3) is 0.211. The first-order valence-corrected chi connectivity index (χ1v) is 8.66. The number of rotatable bonds is 7. The third-order valence-electron chi connectivity index (χ3n) is 3.55. The molecule has 0 fully saturated rings. The Balaban J connectivity index is 2.06.